The molecule has 0 aliphatic rings. The summed E-state index contributed by atoms with van der Waals surface area (Å²) in [5.74, 6) is -0.392. The summed E-state index contributed by atoms with van der Waals surface area (Å²) < 4.78 is 0. The van der Waals surface area contributed by atoms with Crippen molar-refractivity contribution in [1.29, 1.82) is 0 Å². The number of nitrogens with zero attached hydrogens (tertiary/aromatic N) is 1. The van der Waals surface area contributed by atoms with Crippen molar-refractivity contribution in [3.8, 4) is 0 Å². The molecule has 0 fully saturated rings. The first-order valence-corrected chi connectivity index (χ1v) is 8.69. The predicted molar refractivity (Wildman–Crippen MR) is 104 cm³/mol. The summed E-state index contributed by atoms with van der Waals surface area (Å²) in [6.07, 6.45) is 0.996. The van der Waals surface area contributed by atoms with E-state index >= 15 is 0 Å². The van der Waals surface area contributed by atoms with Crippen molar-refractivity contribution in [2.24, 2.45) is 0 Å². The van der Waals surface area contributed by atoms with Crippen LogP contribution in [0.4, 0.5) is 11.4 Å². The lowest BCUT2D eigenvalue weighted by Gasteiger charge is -2.21. The number of hydrogen-bond donors (Lipinski definition) is 1. The normalized spacial score (nSPS) is 10.3. The first-order valence-electron chi connectivity index (χ1n) is 8.69. The Labute approximate surface area is 154 Å². The molecule has 5 nitrogen and oxygen atoms in total. The molecule has 2 aromatic rings. The van der Waals surface area contributed by atoms with Crippen molar-refractivity contribution >= 4 is 29.0 Å². The van der Waals surface area contributed by atoms with E-state index in [0.717, 1.165) is 17.7 Å². The number of amides is 2. The number of rotatable bonds is 7. The van der Waals surface area contributed by atoms with E-state index in [1.807, 2.05) is 31.2 Å². The average Bonchev–Trinajstić information content (AvgIpc) is 2.62. The van der Waals surface area contributed by atoms with Gasteiger partial charge in [-0.3, -0.25) is 14.4 Å². The third kappa shape index (κ3) is 5.02. The number of ketones is 1. The highest BCUT2D eigenvalue weighted by Crippen LogP contribution is 2.19. The molecule has 136 valence electrons. The van der Waals surface area contributed by atoms with Gasteiger partial charge in [0.25, 0.3) is 0 Å². The number of anilines is 2. The van der Waals surface area contributed by atoms with E-state index in [9.17, 15) is 14.4 Å². The van der Waals surface area contributed by atoms with Crippen LogP contribution in [0.1, 0.15) is 43.1 Å². The number of benzene rings is 2. The van der Waals surface area contributed by atoms with E-state index in [1.54, 1.807) is 24.3 Å². The van der Waals surface area contributed by atoms with Gasteiger partial charge in [-0.15, -0.1) is 0 Å². The number of carbonyl (C=O) groups excluding carboxylic acids is 3. The fourth-order valence-corrected chi connectivity index (χ4v) is 2.74. The van der Waals surface area contributed by atoms with Gasteiger partial charge in [0.1, 0.15) is 0 Å². The highest BCUT2D eigenvalue weighted by molar-refractivity contribution is 5.98. The molecule has 0 saturated heterocycles. The number of para-hydroxylation sites is 1. The maximum atomic E-state index is 12.3. The third-order valence-corrected chi connectivity index (χ3v) is 4.18. The lowest BCUT2D eigenvalue weighted by Crippen LogP contribution is -2.32. The minimum Gasteiger partial charge on any atom is -0.326 e. The SMILES string of the molecule is CCc1ccccc1NC(=O)CCN(C(C)=O)c1cccc(C(C)=O)c1. The van der Waals surface area contributed by atoms with Gasteiger partial charge in [-0.2, -0.15) is 0 Å². The molecule has 2 aromatic carbocycles. The van der Waals surface area contributed by atoms with E-state index in [2.05, 4.69) is 5.32 Å². The molecule has 0 spiro atoms. The molecule has 0 aromatic heterocycles. The Bertz CT molecular complexity index is 814. The highest BCUT2D eigenvalue weighted by atomic mass is 16.2. The van der Waals surface area contributed by atoms with Crippen LogP contribution in [-0.4, -0.2) is 24.1 Å². The van der Waals surface area contributed by atoms with Crippen molar-refractivity contribution in [3.63, 3.8) is 0 Å². The van der Waals surface area contributed by atoms with Crippen LogP contribution >= 0.6 is 0 Å². The molecule has 2 amide bonds. The van der Waals surface area contributed by atoms with Crippen molar-refractivity contribution in [2.75, 3.05) is 16.8 Å². The Morgan fingerprint density at radius 1 is 1.00 bits per heavy atom. The van der Waals surface area contributed by atoms with E-state index in [0.29, 0.717) is 11.3 Å². The quantitative estimate of drug-likeness (QED) is 0.770. The van der Waals surface area contributed by atoms with Crippen molar-refractivity contribution in [1.82, 2.24) is 0 Å². The third-order valence-electron chi connectivity index (χ3n) is 4.18. The van der Waals surface area contributed by atoms with Crippen LogP contribution in [0.5, 0.6) is 0 Å². The maximum Gasteiger partial charge on any atom is 0.226 e. The molecule has 0 radical (unpaired) electrons. The molecule has 5 heteroatoms. The smallest absolute Gasteiger partial charge is 0.226 e. The number of aryl methyl sites for hydroxylation is 1. The number of nitrogens with one attached hydrogen (secondary N) is 1. The predicted octanol–water partition coefficient (Wildman–Crippen LogP) is 3.83. The Morgan fingerprint density at radius 2 is 1.73 bits per heavy atom. The monoisotopic (exact) mass is 352 g/mol. The second kappa shape index (κ2) is 8.94. The summed E-state index contributed by atoms with van der Waals surface area (Å²) in [5, 5.41) is 2.91. The largest absolute Gasteiger partial charge is 0.326 e. The van der Waals surface area contributed by atoms with Crippen LogP contribution in [-0.2, 0) is 16.0 Å². The van der Waals surface area contributed by atoms with E-state index in [1.165, 1.54) is 18.7 Å². The van der Waals surface area contributed by atoms with Gasteiger partial charge in [0, 0.05) is 36.8 Å². The number of Topliss-reactive ketones (excluding diaryl/α,β-unsaturated/α-hetero) is 1. The van der Waals surface area contributed by atoms with Gasteiger partial charge in [0.15, 0.2) is 5.78 Å². The zero-order chi connectivity index (χ0) is 19.1. The fraction of sp³-hybridized carbons (Fsp3) is 0.286. The van der Waals surface area contributed by atoms with E-state index < -0.39 is 0 Å². The van der Waals surface area contributed by atoms with Crippen molar-refractivity contribution < 1.29 is 14.4 Å². The second-order valence-electron chi connectivity index (χ2n) is 6.09. The first kappa shape index (κ1) is 19.4. The number of hydrogen-bond acceptors (Lipinski definition) is 3. The van der Waals surface area contributed by atoms with Crippen molar-refractivity contribution in [3.05, 3.63) is 59.7 Å². The molecule has 0 heterocycles. The van der Waals surface area contributed by atoms with E-state index in [4.69, 9.17) is 0 Å². The van der Waals surface area contributed by atoms with Gasteiger partial charge >= 0.3 is 0 Å². The minimum atomic E-state index is -0.174. The molecular weight excluding hydrogens is 328 g/mol. The maximum absolute atomic E-state index is 12.3. The number of carbonyl (C=O) groups is 3. The summed E-state index contributed by atoms with van der Waals surface area (Å²) in [6.45, 7) is 5.21. The molecule has 1 N–H and O–H groups in total. The second-order valence-corrected chi connectivity index (χ2v) is 6.09. The van der Waals surface area contributed by atoms with Gasteiger partial charge in [0.2, 0.25) is 11.8 Å². The average molecular weight is 352 g/mol. The molecule has 0 unspecified atom stereocenters. The van der Waals surface area contributed by atoms with Gasteiger partial charge in [-0.1, -0.05) is 37.3 Å². The van der Waals surface area contributed by atoms with Crippen LogP contribution in [0.15, 0.2) is 48.5 Å². The topological polar surface area (TPSA) is 66.5 Å². The van der Waals surface area contributed by atoms with Gasteiger partial charge < -0.3 is 10.2 Å². The fourth-order valence-electron chi connectivity index (χ4n) is 2.74. The van der Waals surface area contributed by atoms with Crippen LogP contribution < -0.4 is 10.2 Å². The van der Waals surface area contributed by atoms with Crippen LogP contribution in [0.2, 0.25) is 0 Å². The molecule has 0 aliphatic heterocycles. The van der Waals surface area contributed by atoms with Gasteiger partial charge in [0.05, 0.1) is 0 Å². The Hall–Kier alpha value is -2.95. The molecule has 0 saturated carbocycles. The Morgan fingerprint density at radius 3 is 2.38 bits per heavy atom. The molecule has 0 atom stereocenters. The highest BCUT2D eigenvalue weighted by Gasteiger charge is 2.15. The van der Waals surface area contributed by atoms with Gasteiger partial charge in [-0.25, -0.2) is 0 Å². The molecule has 2 rings (SSSR count). The van der Waals surface area contributed by atoms with Crippen LogP contribution in [0.25, 0.3) is 0 Å². The van der Waals surface area contributed by atoms with E-state index in [-0.39, 0.29) is 30.6 Å². The summed E-state index contributed by atoms with van der Waals surface area (Å²) in [7, 11) is 0. The molecular formula is C21H24N2O3. The summed E-state index contributed by atoms with van der Waals surface area (Å²) >= 11 is 0. The molecule has 0 bridgehead atoms. The first-order chi connectivity index (χ1) is 12.4. The summed E-state index contributed by atoms with van der Waals surface area (Å²) in [6, 6.07) is 14.5. The summed E-state index contributed by atoms with van der Waals surface area (Å²) in [5.41, 5.74) is 3.02. The standard InChI is InChI=1S/C21H24N2O3/c1-4-17-8-5-6-11-20(17)22-21(26)12-13-23(16(3)25)19-10-7-9-18(14-19)15(2)24/h5-11,14H,4,12-13H2,1-3H3,(H,22,26). The van der Waals surface area contributed by atoms with Crippen molar-refractivity contribution in [2.45, 2.75) is 33.6 Å². The molecule has 26 heavy (non-hydrogen) atoms. The van der Waals surface area contributed by atoms with Crippen LogP contribution in [0.3, 0.4) is 0 Å². The van der Waals surface area contributed by atoms with Crippen LogP contribution in [0, 0.1) is 0 Å². The zero-order valence-electron chi connectivity index (χ0n) is 15.4. The molecule has 0 aliphatic carbocycles. The Kier molecular flexibility index (Phi) is 6.67. The summed E-state index contributed by atoms with van der Waals surface area (Å²) in [4.78, 5) is 37.4. The zero-order valence-corrected chi connectivity index (χ0v) is 15.4. The minimum absolute atomic E-state index is 0.0655. The van der Waals surface area contributed by atoms with Gasteiger partial charge in [-0.05, 0) is 37.1 Å². The Balaban J connectivity index is 2.07. The lowest BCUT2D eigenvalue weighted by atomic mass is 10.1. The lowest BCUT2D eigenvalue weighted by molar-refractivity contribution is -0.117.